The number of esters is 2. The van der Waals surface area contributed by atoms with Gasteiger partial charge in [0.15, 0.2) is 5.41 Å². The van der Waals surface area contributed by atoms with Gasteiger partial charge in [0.25, 0.3) is 6.29 Å². The lowest BCUT2D eigenvalue weighted by Crippen LogP contribution is -2.46. The minimum Gasteiger partial charge on any atom is -0.420 e. The predicted molar refractivity (Wildman–Crippen MR) is 69.1 cm³/mol. The molecule has 1 aliphatic heterocycles. The molecule has 1 aromatic carbocycles. The number of rotatable bonds is 3. The molecule has 20 heavy (non-hydrogen) atoms. The van der Waals surface area contributed by atoms with Gasteiger partial charge in [-0.15, -0.1) is 0 Å². The number of benzene rings is 1. The first-order valence-corrected chi connectivity index (χ1v) is 6.49. The summed E-state index contributed by atoms with van der Waals surface area (Å²) in [4.78, 5) is 24.2. The zero-order chi connectivity index (χ0) is 14.8. The Bertz CT molecular complexity index is 547. The minimum atomic E-state index is -1.19. The van der Waals surface area contributed by atoms with Crippen LogP contribution in [-0.2, 0) is 19.1 Å². The van der Waals surface area contributed by atoms with Crippen LogP contribution in [0.3, 0.4) is 0 Å². The number of carbonyl (C=O) groups excluding carboxylic acids is 2. The van der Waals surface area contributed by atoms with Gasteiger partial charge in [0.2, 0.25) is 0 Å². The third kappa shape index (κ3) is 2.14. The van der Waals surface area contributed by atoms with E-state index >= 15 is 0 Å². The highest BCUT2D eigenvalue weighted by Gasteiger charge is 2.51. The zero-order valence-electron chi connectivity index (χ0n) is 11.4. The van der Waals surface area contributed by atoms with Crippen LogP contribution in [0.25, 0.3) is 0 Å². The Morgan fingerprint density at radius 1 is 1.10 bits per heavy atom. The lowest BCUT2D eigenvalue weighted by Gasteiger charge is -2.35. The van der Waals surface area contributed by atoms with Gasteiger partial charge in [0.05, 0.1) is 11.6 Å². The van der Waals surface area contributed by atoms with Crippen LogP contribution in [0.5, 0.6) is 0 Å². The summed E-state index contributed by atoms with van der Waals surface area (Å²) in [6.45, 7) is 3.52. The van der Waals surface area contributed by atoms with Crippen molar-refractivity contribution in [1.82, 2.24) is 0 Å². The first-order valence-electron chi connectivity index (χ1n) is 6.49. The maximum absolute atomic E-state index is 12.1. The molecular weight excluding hydrogens is 258 g/mol. The Kier molecular flexibility index (Phi) is 3.75. The topological polar surface area (TPSA) is 76.4 Å². The molecule has 5 nitrogen and oxygen atoms in total. The second kappa shape index (κ2) is 5.33. The van der Waals surface area contributed by atoms with Crippen LogP contribution >= 0.6 is 0 Å². The first-order chi connectivity index (χ1) is 9.57. The van der Waals surface area contributed by atoms with Crippen molar-refractivity contribution in [3.8, 4) is 6.07 Å². The van der Waals surface area contributed by atoms with Gasteiger partial charge in [0, 0.05) is 5.56 Å². The van der Waals surface area contributed by atoms with Gasteiger partial charge in [-0.05, 0) is 25.0 Å². The lowest BCUT2D eigenvalue weighted by molar-refractivity contribution is -0.226. The molecule has 0 aliphatic carbocycles. The van der Waals surface area contributed by atoms with E-state index in [2.05, 4.69) is 0 Å². The summed E-state index contributed by atoms with van der Waals surface area (Å²) < 4.78 is 10.5. The van der Waals surface area contributed by atoms with E-state index < -0.39 is 23.6 Å². The fourth-order valence-corrected chi connectivity index (χ4v) is 2.21. The van der Waals surface area contributed by atoms with Gasteiger partial charge >= 0.3 is 11.9 Å². The maximum Gasteiger partial charge on any atom is 0.326 e. The smallest absolute Gasteiger partial charge is 0.326 e. The predicted octanol–water partition coefficient (Wildman–Crippen LogP) is 2.46. The number of hydrogen-bond acceptors (Lipinski definition) is 5. The molecule has 0 atom stereocenters. The molecule has 1 heterocycles. The van der Waals surface area contributed by atoms with E-state index in [1.165, 1.54) is 0 Å². The molecule has 1 fully saturated rings. The molecule has 0 bridgehead atoms. The summed E-state index contributed by atoms with van der Waals surface area (Å²) in [5.41, 5.74) is -0.173. The summed E-state index contributed by atoms with van der Waals surface area (Å²) in [7, 11) is 0. The molecule has 0 saturated carbocycles. The monoisotopic (exact) mass is 273 g/mol. The van der Waals surface area contributed by atoms with Crippen LogP contribution in [0.1, 0.15) is 44.1 Å². The van der Waals surface area contributed by atoms with Crippen LogP contribution in [0.4, 0.5) is 0 Å². The Balaban J connectivity index is 2.24. The van der Waals surface area contributed by atoms with Crippen molar-refractivity contribution in [2.45, 2.75) is 33.0 Å². The van der Waals surface area contributed by atoms with Crippen molar-refractivity contribution in [1.29, 1.82) is 5.26 Å². The van der Waals surface area contributed by atoms with Crippen molar-refractivity contribution in [2.24, 2.45) is 5.41 Å². The third-order valence-corrected chi connectivity index (χ3v) is 3.73. The fourth-order valence-electron chi connectivity index (χ4n) is 2.21. The third-order valence-electron chi connectivity index (χ3n) is 3.73. The van der Waals surface area contributed by atoms with Crippen LogP contribution in [0, 0.1) is 16.7 Å². The average molecular weight is 273 g/mol. The van der Waals surface area contributed by atoms with Gasteiger partial charge in [-0.25, -0.2) is 0 Å². The Morgan fingerprint density at radius 3 is 2.00 bits per heavy atom. The SMILES string of the molecule is CCC1(CC)C(=O)OC(c2ccc(C#N)cc2)OC1=O. The van der Waals surface area contributed by atoms with E-state index in [-0.39, 0.29) is 0 Å². The zero-order valence-corrected chi connectivity index (χ0v) is 11.4. The first kappa shape index (κ1) is 14.1. The van der Waals surface area contributed by atoms with Crippen LogP contribution in [0.2, 0.25) is 0 Å². The molecular formula is C15H15NO4. The average Bonchev–Trinajstić information content (AvgIpc) is 2.48. The minimum absolute atomic E-state index is 0.348. The van der Waals surface area contributed by atoms with Crippen LogP contribution in [0.15, 0.2) is 24.3 Å². The van der Waals surface area contributed by atoms with Crippen molar-refractivity contribution in [2.75, 3.05) is 0 Å². The fraction of sp³-hybridized carbons (Fsp3) is 0.400. The number of carbonyl (C=O) groups is 2. The maximum atomic E-state index is 12.1. The highest BCUT2D eigenvalue weighted by molar-refractivity contribution is 6.01. The highest BCUT2D eigenvalue weighted by Crippen LogP contribution is 2.38. The molecule has 0 aromatic heterocycles. The van der Waals surface area contributed by atoms with Gasteiger partial charge in [0.1, 0.15) is 0 Å². The number of nitriles is 1. The Labute approximate surface area is 117 Å². The molecule has 2 rings (SSSR count). The molecule has 0 unspecified atom stereocenters. The molecule has 5 heteroatoms. The molecule has 0 radical (unpaired) electrons. The molecule has 1 aliphatic rings. The second-order valence-corrected chi connectivity index (χ2v) is 4.67. The number of hydrogen-bond donors (Lipinski definition) is 0. The van der Waals surface area contributed by atoms with Gasteiger partial charge < -0.3 is 9.47 Å². The molecule has 1 saturated heterocycles. The van der Waals surface area contributed by atoms with Crippen molar-refractivity contribution >= 4 is 11.9 Å². The summed E-state index contributed by atoms with van der Waals surface area (Å²) in [5, 5.41) is 8.73. The summed E-state index contributed by atoms with van der Waals surface area (Å²) in [5.74, 6) is -1.10. The van der Waals surface area contributed by atoms with E-state index in [0.29, 0.717) is 24.0 Å². The van der Waals surface area contributed by atoms with Gasteiger partial charge in [-0.3, -0.25) is 9.59 Å². The Hall–Kier alpha value is -2.35. The molecule has 0 amide bonds. The normalized spacial score (nSPS) is 18.1. The van der Waals surface area contributed by atoms with Crippen molar-refractivity contribution in [3.63, 3.8) is 0 Å². The van der Waals surface area contributed by atoms with Gasteiger partial charge in [-0.1, -0.05) is 26.0 Å². The van der Waals surface area contributed by atoms with E-state index in [9.17, 15) is 9.59 Å². The summed E-state index contributed by atoms with van der Waals surface area (Å²) in [6.07, 6.45) is -0.336. The van der Waals surface area contributed by atoms with Crippen LogP contribution in [-0.4, -0.2) is 11.9 Å². The summed E-state index contributed by atoms with van der Waals surface area (Å²) in [6, 6.07) is 8.37. The van der Waals surface area contributed by atoms with Crippen LogP contribution < -0.4 is 0 Å². The summed E-state index contributed by atoms with van der Waals surface area (Å²) >= 11 is 0. The van der Waals surface area contributed by atoms with Crippen molar-refractivity contribution < 1.29 is 19.1 Å². The van der Waals surface area contributed by atoms with Crippen molar-refractivity contribution in [3.05, 3.63) is 35.4 Å². The van der Waals surface area contributed by atoms with Gasteiger partial charge in [-0.2, -0.15) is 5.26 Å². The van der Waals surface area contributed by atoms with E-state index in [4.69, 9.17) is 14.7 Å². The number of ether oxygens (including phenoxy) is 2. The largest absolute Gasteiger partial charge is 0.420 e. The number of cyclic esters (lactones) is 2. The van der Waals surface area contributed by atoms with E-state index in [1.807, 2.05) is 6.07 Å². The molecule has 0 spiro atoms. The van der Waals surface area contributed by atoms with E-state index in [0.717, 1.165) is 0 Å². The second-order valence-electron chi connectivity index (χ2n) is 4.67. The Morgan fingerprint density at radius 2 is 1.60 bits per heavy atom. The standard InChI is InChI=1S/C15H15NO4/c1-3-15(4-2)13(17)19-12(20-14(15)18)11-7-5-10(9-16)6-8-11/h5-8,12H,3-4H2,1-2H3. The lowest BCUT2D eigenvalue weighted by atomic mass is 9.82. The molecule has 104 valence electrons. The molecule has 1 aromatic rings. The quantitative estimate of drug-likeness (QED) is 0.624. The van der Waals surface area contributed by atoms with E-state index in [1.54, 1.807) is 38.1 Å². The highest BCUT2D eigenvalue weighted by atomic mass is 16.7. The number of nitrogens with zero attached hydrogens (tertiary/aromatic N) is 1. The molecule has 0 N–H and O–H groups in total.